The first-order valence-electron chi connectivity index (χ1n) is 6.37. The zero-order valence-electron chi connectivity index (χ0n) is 11.2. The zero-order chi connectivity index (χ0) is 13.3. The lowest BCUT2D eigenvalue weighted by atomic mass is 9.75. The van der Waals surface area contributed by atoms with E-state index in [-0.39, 0.29) is 10.6 Å². The molecule has 1 aromatic rings. The fourth-order valence-electron chi connectivity index (χ4n) is 2.65. The number of halogens is 1. The molecule has 1 aromatic heterocycles. The molecule has 1 N–H and O–H groups in total. The van der Waals surface area contributed by atoms with Crippen molar-refractivity contribution in [1.82, 2.24) is 9.78 Å². The fraction of sp³-hybridized carbons (Fsp3) is 0.692. The van der Waals surface area contributed by atoms with Crippen molar-refractivity contribution in [2.75, 3.05) is 5.32 Å². The summed E-state index contributed by atoms with van der Waals surface area (Å²) in [6.07, 6.45) is 6.31. The molecule has 0 bridgehead atoms. The number of hydrogen-bond acceptors (Lipinski definition) is 3. The third kappa shape index (κ3) is 2.86. The maximum Gasteiger partial charge on any atom is 0.287 e. The lowest BCUT2D eigenvalue weighted by molar-refractivity contribution is 0.229. The number of aromatic nitrogens is 2. The van der Waals surface area contributed by atoms with E-state index in [2.05, 4.69) is 24.3 Å². The van der Waals surface area contributed by atoms with Crippen LogP contribution in [0, 0.1) is 5.41 Å². The summed E-state index contributed by atoms with van der Waals surface area (Å²) < 4.78 is 1.25. The molecule has 0 aliphatic heterocycles. The Morgan fingerprint density at radius 1 is 1.56 bits per heavy atom. The molecule has 1 heterocycles. The smallest absolute Gasteiger partial charge is 0.287 e. The topological polar surface area (TPSA) is 46.9 Å². The predicted octanol–water partition coefficient (Wildman–Crippen LogP) is 2.81. The van der Waals surface area contributed by atoms with E-state index < -0.39 is 0 Å². The molecule has 100 valence electrons. The van der Waals surface area contributed by atoms with Gasteiger partial charge in [-0.3, -0.25) is 4.79 Å². The average Bonchev–Trinajstić information content (AvgIpc) is 2.29. The van der Waals surface area contributed by atoms with Crippen LogP contribution in [0.3, 0.4) is 0 Å². The third-order valence-electron chi connectivity index (χ3n) is 3.64. The van der Waals surface area contributed by atoms with Gasteiger partial charge >= 0.3 is 0 Å². The summed E-state index contributed by atoms with van der Waals surface area (Å²) in [6.45, 7) is 4.56. The van der Waals surface area contributed by atoms with E-state index in [4.69, 9.17) is 11.6 Å². The lowest BCUT2D eigenvalue weighted by Gasteiger charge is -2.36. The SMILES string of the molecule is Cn1ncc(NC2CCCC(C)(C)C2)c(Cl)c1=O. The molecule has 0 amide bonds. The van der Waals surface area contributed by atoms with Crippen molar-refractivity contribution in [3.05, 3.63) is 21.6 Å². The molecule has 2 rings (SSSR count). The molecule has 4 nitrogen and oxygen atoms in total. The molecule has 1 fully saturated rings. The number of nitrogens with zero attached hydrogens (tertiary/aromatic N) is 2. The zero-order valence-corrected chi connectivity index (χ0v) is 11.9. The Kier molecular flexibility index (Phi) is 3.66. The van der Waals surface area contributed by atoms with Gasteiger partial charge in [-0.05, 0) is 24.7 Å². The number of anilines is 1. The van der Waals surface area contributed by atoms with Crippen LogP contribution < -0.4 is 10.9 Å². The molecule has 1 aliphatic carbocycles. The Labute approximate surface area is 112 Å². The molecule has 0 saturated heterocycles. The summed E-state index contributed by atoms with van der Waals surface area (Å²) in [4.78, 5) is 11.7. The Morgan fingerprint density at radius 2 is 2.28 bits per heavy atom. The van der Waals surface area contributed by atoms with Crippen molar-refractivity contribution in [2.45, 2.75) is 45.6 Å². The first-order valence-corrected chi connectivity index (χ1v) is 6.75. The minimum absolute atomic E-state index is 0.232. The Hall–Kier alpha value is -1.03. The minimum atomic E-state index is -0.253. The predicted molar refractivity (Wildman–Crippen MR) is 74.1 cm³/mol. The molecule has 0 aromatic carbocycles. The van der Waals surface area contributed by atoms with Crippen molar-refractivity contribution >= 4 is 17.3 Å². The molecule has 1 aliphatic rings. The second-order valence-corrected chi connectivity index (χ2v) is 6.28. The van der Waals surface area contributed by atoms with E-state index in [0.29, 0.717) is 17.1 Å². The minimum Gasteiger partial charge on any atom is -0.380 e. The molecule has 0 spiro atoms. The molecule has 1 atom stereocenters. The standard InChI is InChI=1S/C13H20ClN3O/c1-13(2)6-4-5-9(7-13)16-10-8-15-17(3)12(18)11(10)14/h8-9,16H,4-7H2,1-3H3. The van der Waals surface area contributed by atoms with Crippen LogP contribution in [-0.4, -0.2) is 15.8 Å². The molecule has 1 unspecified atom stereocenters. The summed E-state index contributed by atoms with van der Waals surface area (Å²) in [7, 11) is 1.60. The largest absolute Gasteiger partial charge is 0.380 e. The van der Waals surface area contributed by atoms with Crippen LogP contribution in [0.15, 0.2) is 11.0 Å². The molecule has 18 heavy (non-hydrogen) atoms. The van der Waals surface area contributed by atoms with E-state index in [9.17, 15) is 4.79 Å². The molecular formula is C13H20ClN3O. The lowest BCUT2D eigenvalue weighted by Crippen LogP contribution is -2.32. The van der Waals surface area contributed by atoms with Crippen LogP contribution in [0.25, 0.3) is 0 Å². The molecular weight excluding hydrogens is 250 g/mol. The van der Waals surface area contributed by atoms with Crippen LogP contribution in [0.4, 0.5) is 5.69 Å². The van der Waals surface area contributed by atoms with Crippen molar-refractivity contribution in [3.8, 4) is 0 Å². The van der Waals surface area contributed by atoms with Gasteiger partial charge in [0, 0.05) is 13.1 Å². The van der Waals surface area contributed by atoms with Gasteiger partial charge in [-0.25, -0.2) is 4.68 Å². The first-order chi connectivity index (χ1) is 8.39. The maximum absolute atomic E-state index is 11.7. The van der Waals surface area contributed by atoms with Crippen molar-refractivity contribution in [1.29, 1.82) is 0 Å². The van der Waals surface area contributed by atoms with Gasteiger partial charge in [-0.2, -0.15) is 5.10 Å². The Balaban J connectivity index is 2.15. The highest BCUT2D eigenvalue weighted by Crippen LogP contribution is 2.36. The molecule has 5 heteroatoms. The number of rotatable bonds is 2. The second kappa shape index (κ2) is 4.92. The van der Waals surface area contributed by atoms with Crippen LogP contribution in [0.2, 0.25) is 5.02 Å². The van der Waals surface area contributed by atoms with E-state index in [1.165, 1.54) is 17.5 Å². The summed E-state index contributed by atoms with van der Waals surface area (Å²) >= 11 is 6.05. The molecule has 1 saturated carbocycles. The van der Waals surface area contributed by atoms with Crippen LogP contribution in [-0.2, 0) is 7.05 Å². The van der Waals surface area contributed by atoms with Crippen molar-refractivity contribution in [2.24, 2.45) is 12.5 Å². The van der Waals surface area contributed by atoms with Crippen LogP contribution in [0.1, 0.15) is 39.5 Å². The van der Waals surface area contributed by atoms with Crippen molar-refractivity contribution < 1.29 is 0 Å². The first kappa shape index (κ1) is 13.4. The number of nitrogens with one attached hydrogen (secondary N) is 1. The van der Waals surface area contributed by atoms with Gasteiger partial charge in [0.05, 0.1) is 11.9 Å². The van der Waals surface area contributed by atoms with Crippen LogP contribution >= 0.6 is 11.6 Å². The number of aryl methyl sites for hydroxylation is 1. The summed E-state index contributed by atoms with van der Waals surface area (Å²) in [6, 6.07) is 0.375. The molecule has 0 radical (unpaired) electrons. The van der Waals surface area contributed by atoms with Crippen LogP contribution in [0.5, 0.6) is 0 Å². The highest BCUT2D eigenvalue weighted by molar-refractivity contribution is 6.32. The normalized spacial score (nSPS) is 22.8. The van der Waals surface area contributed by atoms with Gasteiger partial charge in [-0.15, -0.1) is 0 Å². The summed E-state index contributed by atoms with van der Waals surface area (Å²) in [5, 5.41) is 7.60. The van der Waals surface area contributed by atoms with Gasteiger partial charge in [0.1, 0.15) is 5.02 Å². The Morgan fingerprint density at radius 3 is 2.94 bits per heavy atom. The average molecular weight is 270 g/mol. The van der Waals surface area contributed by atoms with Gasteiger partial charge in [0.25, 0.3) is 5.56 Å². The Bertz CT molecular complexity index is 495. The number of hydrogen-bond donors (Lipinski definition) is 1. The van der Waals surface area contributed by atoms with E-state index in [0.717, 1.165) is 12.8 Å². The fourth-order valence-corrected chi connectivity index (χ4v) is 2.88. The summed E-state index contributed by atoms with van der Waals surface area (Å²) in [5.41, 5.74) is 0.759. The van der Waals surface area contributed by atoms with Crippen molar-refractivity contribution in [3.63, 3.8) is 0 Å². The van der Waals surface area contributed by atoms with Gasteiger partial charge in [0.2, 0.25) is 0 Å². The van der Waals surface area contributed by atoms with E-state index in [1.807, 2.05) is 0 Å². The monoisotopic (exact) mass is 269 g/mol. The quantitative estimate of drug-likeness (QED) is 0.898. The van der Waals surface area contributed by atoms with E-state index >= 15 is 0 Å². The van der Waals surface area contributed by atoms with Gasteiger partial charge < -0.3 is 5.32 Å². The third-order valence-corrected chi connectivity index (χ3v) is 4.01. The maximum atomic E-state index is 11.7. The van der Waals surface area contributed by atoms with Gasteiger partial charge in [-0.1, -0.05) is 31.9 Å². The van der Waals surface area contributed by atoms with Gasteiger partial charge in [0.15, 0.2) is 0 Å². The highest BCUT2D eigenvalue weighted by atomic mass is 35.5. The summed E-state index contributed by atoms with van der Waals surface area (Å²) in [5.74, 6) is 0. The highest BCUT2D eigenvalue weighted by Gasteiger charge is 2.28. The van der Waals surface area contributed by atoms with E-state index in [1.54, 1.807) is 13.2 Å². The second-order valence-electron chi connectivity index (χ2n) is 5.90.